The average molecular weight is 594 g/mol. The van der Waals surface area contributed by atoms with Crippen molar-refractivity contribution in [2.45, 2.75) is 103 Å². The van der Waals surface area contributed by atoms with Crippen molar-refractivity contribution in [1.82, 2.24) is 4.90 Å². The van der Waals surface area contributed by atoms with Crippen LogP contribution in [0.15, 0.2) is 54.1 Å². The van der Waals surface area contributed by atoms with E-state index in [2.05, 4.69) is 6.92 Å². The zero-order valence-corrected chi connectivity index (χ0v) is 25.0. The highest BCUT2D eigenvalue weighted by molar-refractivity contribution is 6.46. The summed E-state index contributed by atoms with van der Waals surface area (Å²) in [5, 5.41) is 34.1. The van der Waals surface area contributed by atoms with Crippen LogP contribution < -0.4 is 0 Å². The molecule has 1 saturated heterocycles. The highest BCUT2D eigenvalue weighted by Gasteiger charge is 2.47. The van der Waals surface area contributed by atoms with E-state index in [1.54, 1.807) is 6.07 Å². The van der Waals surface area contributed by atoms with Gasteiger partial charge < -0.3 is 10.0 Å². The lowest BCUT2D eigenvalue weighted by Gasteiger charge is -2.25. The molecule has 1 N–H and O–H groups in total. The number of nitro benzene ring substituents is 2. The molecule has 1 heterocycles. The number of hydrogen-bond donors (Lipinski definition) is 1. The number of aliphatic hydroxyl groups excluding tert-OH is 1. The average Bonchev–Trinajstić information content (AvgIpc) is 3.25. The minimum absolute atomic E-state index is 0.101. The minimum atomic E-state index is -1.15. The first-order chi connectivity index (χ1) is 20.8. The quantitative estimate of drug-likeness (QED) is 0.0430. The first-order valence-electron chi connectivity index (χ1n) is 15.5. The summed E-state index contributed by atoms with van der Waals surface area (Å²) in [4.78, 5) is 49.5. The van der Waals surface area contributed by atoms with Crippen LogP contribution in [0.1, 0.15) is 114 Å². The first kappa shape index (κ1) is 33.4. The Labute approximate surface area is 253 Å². The van der Waals surface area contributed by atoms with Crippen LogP contribution in [-0.2, 0) is 9.59 Å². The number of nitro groups is 2. The molecule has 232 valence electrons. The number of likely N-dealkylation sites (tertiary alicyclic amines) is 1. The fraction of sp³-hybridized carbons (Fsp3) is 0.515. The standard InChI is InChI=1S/C33H43N3O7/c1-2-3-4-5-6-7-8-9-10-11-12-13-14-17-24-34-30(27-18-15-16-19-28(27)36(42)43)29(32(38)33(34)39)31(37)25-20-22-26(23-21-25)35(40)41/h15-16,18-23,30,37H,2-14,17,24H2,1H3/b31-29+/t30-/m1/s1. The van der Waals surface area contributed by atoms with E-state index in [4.69, 9.17) is 0 Å². The molecule has 0 bridgehead atoms. The number of nitrogens with zero attached hydrogens (tertiary/aromatic N) is 3. The molecule has 3 rings (SSSR count). The number of carbonyl (C=O) groups is 2. The van der Waals surface area contributed by atoms with Gasteiger partial charge in [0.15, 0.2) is 0 Å². The van der Waals surface area contributed by atoms with E-state index in [0.717, 1.165) is 25.7 Å². The van der Waals surface area contributed by atoms with Crippen molar-refractivity contribution in [3.05, 3.63) is 85.5 Å². The SMILES string of the molecule is CCCCCCCCCCCCCCCCN1C(=O)C(=O)/C(=C(/O)c2ccc([N+](=O)[O-])cc2)[C@H]1c1ccccc1[N+](=O)[O-]. The van der Waals surface area contributed by atoms with Crippen molar-refractivity contribution < 1.29 is 24.5 Å². The van der Waals surface area contributed by atoms with E-state index in [1.165, 1.54) is 105 Å². The highest BCUT2D eigenvalue weighted by Crippen LogP contribution is 2.42. The van der Waals surface area contributed by atoms with Crippen molar-refractivity contribution >= 4 is 28.8 Å². The summed E-state index contributed by atoms with van der Waals surface area (Å²) in [5.74, 6) is -2.30. The maximum absolute atomic E-state index is 13.2. The monoisotopic (exact) mass is 593 g/mol. The molecule has 0 aliphatic carbocycles. The maximum atomic E-state index is 13.2. The molecule has 0 unspecified atom stereocenters. The summed E-state index contributed by atoms with van der Waals surface area (Å²) in [6.45, 7) is 2.43. The molecule has 2 aromatic carbocycles. The number of ketones is 1. The van der Waals surface area contributed by atoms with Crippen LogP contribution in [0, 0.1) is 20.2 Å². The van der Waals surface area contributed by atoms with Gasteiger partial charge in [-0.05, 0) is 24.6 Å². The molecule has 10 nitrogen and oxygen atoms in total. The smallest absolute Gasteiger partial charge is 0.295 e. The number of rotatable bonds is 19. The van der Waals surface area contributed by atoms with Crippen LogP contribution in [0.2, 0.25) is 0 Å². The van der Waals surface area contributed by atoms with Crippen LogP contribution in [0.25, 0.3) is 5.76 Å². The fourth-order valence-corrected chi connectivity index (χ4v) is 5.69. The van der Waals surface area contributed by atoms with Crippen LogP contribution in [0.5, 0.6) is 0 Å². The molecule has 0 radical (unpaired) electrons. The van der Waals surface area contributed by atoms with E-state index in [9.17, 15) is 34.9 Å². The lowest BCUT2D eigenvalue weighted by atomic mass is 9.94. The van der Waals surface area contributed by atoms with Gasteiger partial charge in [0.2, 0.25) is 0 Å². The van der Waals surface area contributed by atoms with Gasteiger partial charge in [0.05, 0.1) is 27.0 Å². The summed E-state index contributed by atoms with van der Waals surface area (Å²) in [6, 6.07) is 9.64. The molecule has 0 aromatic heterocycles. The van der Waals surface area contributed by atoms with Crippen molar-refractivity contribution in [2.75, 3.05) is 6.54 Å². The van der Waals surface area contributed by atoms with Crippen molar-refractivity contribution in [3.63, 3.8) is 0 Å². The van der Waals surface area contributed by atoms with Gasteiger partial charge >= 0.3 is 0 Å². The Morgan fingerprint density at radius 3 is 1.77 bits per heavy atom. The highest BCUT2D eigenvalue weighted by atomic mass is 16.6. The number of carbonyl (C=O) groups excluding carboxylic acids is 2. The molecule has 1 aliphatic heterocycles. The van der Waals surface area contributed by atoms with E-state index in [1.807, 2.05) is 0 Å². The third-order valence-corrected chi connectivity index (χ3v) is 8.07. The Morgan fingerprint density at radius 2 is 1.26 bits per heavy atom. The second-order valence-corrected chi connectivity index (χ2v) is 11.2. The largest absolute Gasteiger partial charge is 0.507 e. The normalized spacial score (nSPS) is 16.1. The van der Waals surface area contributed by atoms with E-state index < -0.39 is 33.3 Å². The van der Waals surface area contributed by atoms with Gasteiger partial charge in [0, 0.05) is 30.3 Å². The number of amides is 1. The van der Waals surface area contributed by atoms with E-state index >= 15 is 0 Å². The van der Waals surface area contributed by atoms with Gasteiger partial charge in [-0.3, -0.25) is 29.8 Å². The van der Waals surface area contributed by atoms with Gasteiger partial charge in [-0.2, -0.15) is 0 Å². The Bertz CT molecular complexity index is 1290. The third kappa shape index (κ3) is 9.20. The Morgan fingerprint density at radius 1 is 0.744 bits per heavy atom. The summed E-state index contributed by atoms with van der Waals surface area (Å²) >= 11 is 0. The number of hydrogen-bond acceptors (Lipinski definition) is 7. The van der Waals surface area contributed by atoms with E-state index in [-0.39, 0.29) is 34.6 Å². The summed E-state index contributed by atoms with van der Waals surface area (Å²) in [5.41, 5.74) is -0.511. The predicted octanol–water partition coefficient (Wildman–Crippen LogP) is 8.41. The minimum Gasteiger partial charge on any atom is -0.507 e. The number of unbranched alkanes of at least 4 members (excludes halogenated alkanes) is 13. The number of aliphatic hydroxyl groups is 1. The lowest BCUT2D eigenvalue weighted by molar-refractivity contribution is -0.385. The van der Waals surface area contributed by atoms with Crippen molar-refractivity contribution in [2.24, 2.45) is 0 Å². The number of non-ortho nitro benzene ring substituents is 1. The maximum Gasteiger partial charge on any atom is 0.295 e. The Balaban J connectivity index is 1.65. The molecule has 1 amide bonds. The van der Waals surface area contributed by atoms with Crippen LogP contribution in [-0.4, -0.2) is 38.1 Å². The molecular formula is C33H43N3O7. The van der Waals surface area contributed by atoms with Gasteiger partial charge in [0.1, 0.15) is 5.76 Å². The summed E-state index contributed by atoms with van der Waals surface area (Å²) < 4.78 is 0. The van der Waals surface area contributed by atoms with Crippen LogP contribution in [0.3, 0.4) is 0 Å². The van der Waals surface area contributed by atoms with Gasteiger partial charge in [0.25, 0.3) is 23.1 Å². The zero-order chi connectivity index (χ0) is 31.2. The van der Waals surface area contributed by atoms with Gasteiger partial charge in [-0.15, -0.1) is 0 Å². The molecule has 2 aromatic rings. The molecule has 1 atom stereocenters. The topological polar surface area (TPSA) is 144 Å². The lowest BCUT2D eigenvalue weighted by Crippen LogP contribution is -2.31. The van der Waals surface area contributed by atoms with Gasteiger partial charge in [-0.1, -0.05) is 103 Å². The third-order valence-electron chi connectivity index (χ3n) is 8.07. The molecular weight excluding hydrogens is 550 g/mol. The van der Waals surface area contributed by atoms with Crippen molar-refractivity contribution in [3.8, 4) is 0 Å². The van der Waals surface area contributed by atoms with Crippen LogP contribution >= 0.6 is 0 Å². The van der Waals surface area contributed by atoms with E-state index in [0.29, 0.717) is 6.42 Å². The second-order valence-electron chi connectivity index (χ2n) is 11.2. The van der Waals surface area contributed by atoms with Gasteiger partial charge in [-0.25, -0.2) is 0 Å². The number of Topliss-reactive ketones (excluding diaryl/α,β-unsaturated/α-hetero) is 1. The molecule has 43 heavy (non-hydrogen) atoms. The molecule has 1 fully saturated rings. The Hall–Kier alpha value is -4.08. The summed E-state index contributed by atoms with van der Waals surface area (Å²) in [7, 11) is 0. The van der Waals surface area contributed by atoms with Crippen molar-refractivity contribution in [1.29, 1.82) is 0 Å². The molecule has 0 saturated carbocycles. The van der Waals surface area contributed by atoms with Crippen LogP contribution in [0.4, 0.5) is 11.4 Å². The molecule has 10 heteroatoms. The number of benzene rings is 2. The Kier molecular flexibility index (Phi) is 13.3. The summed E-state index contributed by atoms with van der Waals surface area (Å²) in [6.07, 6.45) is 16.4. The second kappa shape index (κ2) is 17.1. The molecule has 1 aliphatic rings. The predicted molar refractivity (Wildman–Crippen MR) is 166 cm³/mol. The number of para-hydroxylation sites is 1. The first-order valence-corrected chi connectivity index (χ1v) is 15.5. The fourth-order valence-electron chi connectivity index (χ4n) is 5.69. The molecule has 0 spiro atoms. The zero-order valence-electron chi connectivity index (χ0n) is 25.0.